The molecule has 0 nitrogen and oxygen atoms in total. The van der Waals surface area contributed by atoms with Gasteiger partial charge in [-0.3, -0.25) is 0 Å². The second kappa shape index (κ2) is 7.83. The molecule has 0 spiro atoms. The van der Waals surface area contributed by atoms with Crippen LogP contribution in [0.4, 0.5) is 0 Å². The van der Waals surface area contributed by atoms with Crippen LogP contribution in [0.3, 0.4) is 0 Å². The molecule has 0 heterocycles. The number of unbranched alkanes of at least 4 members (excludes halogenated alkanes) is 1. The molecule has 0 unspecified atom stereocenters. The molecule has 0 aromatic rings. The minimum atomic E-state index is 1.27. The van der Waals surface area contributed by atoms with Gasteiger partial charge in [-0.15, -0.1) is 0 Å². The SMILES string of the molecule is CCCC/C(I)=C(\I)CCC. The van der Waals surface area contributed by atoms with E-state index in [-0.39, 0.29) is 0 Å². The maximum Gasteiger partial charge on any atom is -0.000143 e. The molecule has 2 heteroatoms. The normalized spacial score (nSPS) is 13.1. The van der Waals surface area contributed by atoms with Crippen molar-refractivity contribution in [2.24, 2.45) is 0 Å². The molecule has 0 aromatic heterocycles. The Labute approximate surface area is 97.5 Å². The summed E-state index contributed by atoms with van der Waals surface area (Å²) in [6.45, 7) is 4.49. The molecule has 0 N–H and O–H groups in total. The van der Waals surface area contributed by atoms with Crippen molar-refractivity contribution in [2.75, 3.05) is 0 Å². The first-order chi connectivity index (χ1) is 5.22. The van der Waals surface area contributed by atoms with Crippen molar-refractivity contribution < 1.29 is 0 Å². The number of halogens is 2. The highest BCUT2D eigenvalue weighted by Crippen LogP contribution is 2.27. The Bertz CT molecular complexity index is 128. The highest BCUT2D eigenvalue weighted by molar-refractivity contribution is 14.1. The van der Waals surface area contributed by atoms with E-state index in [1.807, 2.05) is 0 Å². The lowest BCUT2D eigenvalue weighted by Crippen LogP contribution is -1.79. The van der Waals surface area contributed by atoms with Crippen molar-refractivity contribution in [3.8, 4) is 0 Å². The summed E-state index contributed by atoms with van der Waals surface area (Å²) < 4.78 is 3.14. The molecule has 0 rings (SSSR count). The van der Waals surface area contributed by atoms with E-state index in [1.54, 1.807) is 7.16 Å². The van der Waals surface area contributed by atoms with E-state index < -0.39 is 0 Å². The van der Waals surface area contributed by atoms with E-state index in [0.29, 0.717) is 0 Å². The smallest absolute Gasteiger partial charge is 0.000143 e. The van der Waals surface area contributed by atoms with Crippen LogP contribution in [-0.2, 0) is 0 Å². The van der Waals surface area contributed by atoms with E-state index in [4.69, 9.17) is 0 Å². The van der Waals surface area contributed by atoms with E-state index in [2.05, 4.69) is 59.0 Å². The van der Waals surface area contributed by atoms with Crippen LogP contribution in [0, 0.1) is 0 Å². The van der Waals surface area contributed by atoms with Gasteiger partial charge < -0.3 is 0 Å². The predicted molar refractivity (Wildman–Crippen MR) is 69.5 cm³/mol. The van der Waals surface area contributed by atoms with Gasteiger partial charge in [0.1, 0.15) is 0 Å². The molecule has 0 aliphatic rings. The summed E-state index contributed by atoms with van der Waals surface area (Å²) in [5.41, 5.74) is 0. The monoisotopic (exact) mass is 378 g/mol. The predicted octanol–water partition coefficient (Wildman–Crippen LogP) is 5.06. The molecule has 11 heavy (non-hydrogen) atoms. The van der Waals surface area contributed by atoms with Crippen LogP contribution in [0.15, 0.2) is 7.16 Å². The lowest BCUT2D eigenvalue weighted by atomic mass is 10.2. The van der Waals surface area contributed by atoms with Gasteiger partial charge in [-0.2, -0.15) is 0 Å². The molecule has 0 aromatic carbocycles. The summed E-state index contributed by atoms with van der Waals surface area (Å²) >= 11 is 4.97. The zero-order chi connectivity index (χ0) is 8.69. The largest absolute Gasteiger partial charge is 0.0654 e. The average Bonchev–Trinajstić information content (AvgIpc) is 2.00. The van der Waals surface area contributed by atoms with Crippen molar-refractivity contribution in [2.45, 2.75) is 46.0 Å². The Hall–Kier alpha value is 1.20. The Morgan fingerprint density at radius 2 is 1.45 bits per heavy atom. The second-order valence-electron chi connectivity index (χ2n) is 2.66. The van der Waals surface area contributed by atoms with E-state index in [0.717, 1.165) is 0 Å². The van der Waals surface area contributed by atoms with Gasteiger partial charge in [0.2, 0.25) is 0 Å². The third-order valence-corrected chi connectivity index (χ3v) is 4.93. The fourth-order valence-electron chi connectivity index (χ4n) is 0.823. The van der Waals surface area contributed by atoms with Crippen LogP contribution < -0.4 is 0 Å². The lowest BCUT2D eigenvalue weighted by molar-refractivity contribution is 0.806. The molecule has 0 bridgehead atoms. The summed E-state index contributed by atoms with van der Waals surface area (Å²) in [5.74, 6) is 0. The van der Waals surface area contributed by atoms with Crippen LogP contribution in [0.1, 0.15) is 46.0 Å². The first-order valence-electron chi connectivity index (χ1n) is 4.25. The van der Waals surface area contributed by atoms with Crippen LogP contribution in [0.25, 0.3) is 0 Å². The summed E-state index contributed by atoms with van der Waals surface area (Å²) in [7, 11) is 0. The Kier molecular flexibility index (Phi) is 8.68. The summed E-state index contributed by atoms with van der Waals surface area (Å²) in [6, 6.07) is 0. The molecule has 0 aliphatic heterocycles. The molecular weight excluding hydrogens is 362 g/mol. The van der Waals surface area contributed by atoms with Crippen molar-refractivity contribution in [1.29, 1.82) is 0 Å². The molecule has 0 radical (unpaired) electrons. The third kappa shape index (κ3) is 6.37. The Balaban J connectivity index is 3.73. The van der Waals surface area contributed by atoms with Gasteiger partial charge in [-0.25, -0.2) is 0 Å². The maximum atomic E-state index is 2.49. The van der Waals surface area contributed by atoms with Crippen LogP contribution in [0.2, 0.25) is 0 Å². The topological polar surface area (TPSA) is 0 Å². The Morgan fingerprint density at radius 1 is 0.909 bits per heavy atom. The quantitative estimate of drug-likeness (QED) is 0.587. The van der Waals surface area contributed by atoms with Gasteiger partial charge in [0, 0.05) is 0 Å². The van der Waals surface area contributed by atoms with Crippen molar-refractivity contribution >= 4 is 45.2 Å². The zero-order valence-corrected chi connectivity index (χ0v) is 11.6. The van der Waals surface area contributed by atoms with E-state index >= 15 is 0 Å². The first kappa shape index (κ1) is 12.2. The van der Waals surface area contributed by atoms with E-state index in [9.17, 15) is 0 Å². The van der Waals surface area contributed by atoms with Crippen LogP contribution >= 0.6 is 45.2 Å². The Morgan fingerprint density at radius 3 is 1.91 bits per heavy atom. The molecule has 0 fully saturated rings. The fourth-order valence-corrected chi connectivity index (χ4v) is 2.28. The minimum absolute atomic E-state index is 1.27. The molecular formula is C9H16I2. The second-order valence-corrected chi connectivity index (χ2v) is 5.27. The van der Waals surface area contributed by atoms with Gasteiger partial charge in [-0.1, -0.05) is 26.7 Å². The molecule has 0 atom stereocenters. The minimum Gasteiger partial charge on any atom is -0.0654 e. The molecule has 0 aliphatic carbocycles. The van der Waals surface area contributed by atoms with E-state index in [1.165, 1.54) is 32.1 Å². The molecule has 0 saturated carbocycles. The number of rotatable bonds is 5. The number of hydrogen-bond donors (Lipinski definition) is 0. The van der Waals surface area contributed by atoms with Crippen molar-refractivity contribution in [1.82, 2.24) is 0 Å². The van der Waals surface area contributed by atoms with Gasteiger partial charge in [0.25, 0.3) is 0 Å². The summed E-state index contributed by atoms with van der Waals surface area (Å²) in [5, 5.41) is 0. The van der Waals surface area contributed by atoms with Gasteiger partial charge >= 0.3 is 0 Å². The highest BCUT2D eigenvalue weighted by Gasteiger charge is 1.98. The van der Waals surface area contributed by atoms with Crippen molar-refractivity contribution in [3.63, 3.8) is 0 Å². The average molecular weight is 378 g/mol. The zero-order valence-electron chi connectivity index (χ0n) is 7.29. The standard InChI is InChI=1S/C9H16I2/c1-3-5-7-9(11)8(10)6-4-2/h3-7H2,1-2H3/b9-8+. The van der Waals surface area contributed by atoms with Crippen LogP contribution in [-0.4, -0.2) is 0 Å². The third-order valence-electron chi connectivity index (χ3n) is 1.51. The first-order valence-corrected chi connectivity index (χ1v) is 6.41. The molecule has 0 saturated heterocycles. The van der Waals surface area contributed by atoms with Crippen LogP contribution in [0.5, 0.6) is 0 Å². The highest BCUT2D eigenvalue weighted by atomic mass is 127. The van der Waals surface area contributed by atoms with Gasteiger partial charge in [0.05, 0.1) is 0 Å². The number of hydrogen-bond acceptors (Lipinski definition) is 0. The maximum absolute atomic E-state index is 2.49. The van der Waals surface area contributed by atoms with Gasteiger partial charge in [-0.05, 0) is 71.6 Å². The summed E-state index contributed by atoms with van der Waals surface area (Å²) in [4.78, 5) is 0. The van der Waals surface area contributed by atoms with Gasteiger partial charge in [0.15, 0.2) is 0 Å². The fraction of sp³-hybridized carbons (Fsp3) is 0.778. The number of allylic oxidation sites excluding steroid dienone is 2. The lowest BCUT2D eigenvalue weighted by Gasteiger charge is -2.01. The summed E-state index contributed by atoms with van der Waals surface area (Å²) in [6.07, 6.45) is 6.48. The molecule has 0 amide bonds. The van der Waals surface area contributed by atoms with Crippen molar-refractivity contribution in [3.05, 3.63) is 7.16 Å². The molecule has 66 valence electrons.